The van der Waals surface area contributed by atoms with E-state index >= 15 is 0 Å². The Morgan fingerprint density at radius 1 is 1.29 bits per heavy atom. The summed E-state index contributed by atoms with van der Waals surface area (Å²) >= 11 is 0. The Hall–Kier alpha value is -2.82. The van der Waals surface area contributed by atoms with Gasteiger partial charge in [-0.1, -0.05) is 6.07 Å². The molecule has 108 valence electrons. The Morgan fingerprint density at radius 3 is 2.62 bits per heavy atom. The van der Waals surface area contributed by atoms with Gasteiger partial charge in [-0.2, -0.15) is 0 Å². The maximum atomic E-state index is 11.1. The van der Waals surface area contributed by atoms with E-state index in [-0.39, 0.29) is 5.43 Å². The van der Waals surface area contributed by atoms with Gasteiger partial charge >= 0.3 is 5.97 Å². The fourth-order valence-corrected chi connectivity index (χ4v) is 1.94. The van der Waals surface area contributed by atoms with E-state index in [0.29, 0.717) is 12.3 Å². The van der Waals surface area contributed by atoms with E-state index in [1.807, 2.05) is 10.6 Å². The van der Waals surface area contributed by atoms with Crippen LogP contribution < -0.4 is 10.2 Å². The van der Waals surface area contributed by atoms with Crippen LogP contribution in [0.3, 0.4) is 0 Å². The standard InChI is InChI=1S/C16H15NO4/c1-21-15-4-2-12(3-5-16(19)20)10-13(15)11-17-8-6-14(18)7-9-17/h2-10H,11H2,1H3,(H,19,20). The Morgan fingerprint density at radius 2 is 2.00 bits per heavy atom. The second kappa shape index (κ2) is 6.56. The molecule has 0 aliphatic carbocycles. The molecule has 0 amide bonds. The molecule has 0 unspecified atom stereocenters. The molecule has 0 aliphatic rings. The summed E-state index contributed by atoms with van der Waals surface area (Å²) in [6, 6.07) is 8.41. The van der Waals surface area contributed by atoms with Crippen LogP contribution >= 0.6 is 0 Å². The zero-order chi connectivity index (χ0) is 15.2. The molecule has 1 N–H and O–H groups in total. The molecule has 2 rings (SSSR count). The molecule has 2 aromatic rings. The fourth-order valence-electron chi connectivity index (χ4n) is 1.94. The van der Waals surface area contributed by atoms with Crippen molar-refractivity contribution in [3.8, 4) is 5.75 Å². The molecule has 1 aromatic carbocycles. The summed E-state index contributed by atoms with van der Waals surface area (Å²) in [6.07, 6.45) is 6.00. The minimum absolute atomic E-state index is 0.0450. The second-order valence-electron chi connectivity index (χ2n) is 4.45. The fraction of sp³-hybridized carbons (Fsp3) is 0.125. The molecule has 0 bridgehead atoms. The average Bonchev–Trinajstić information content (AvgIpc) is 2.48. The smallest absolute Gasteiger partial charge is 0.328 e. The maximum Gasteiger partial charge on any atom is 0.328 e. The molecule has 0 aliphatic heterocycles. The topological polar surface area (TPSA) is 68.5 Å². The van der Waals surface area contributed by atoms with Crippen molar-refractivity contribution in [2.24, 2.45) is 0 Å². The number of nitrogens with zero attached hydrogens (tertiary/aromatic N) is 1. The molecule has 0 atom stereocenters. The molecule has 0 spiro atoms. The monoisotopic (exact) mass is 285 g/mol. The highest BCUT2D eigenvalue weighted by atomic mass is 16.5. The second-order valence-corrected chi connectivity index (χ2v) is 4.45. The third-order valence-corrected chi connectivity index (χ3v) is 2.94. The van der Waals surface area contributed by atoms with Crippen LogP contribution in [0, 0.1) is 0 Å². The van der Waals surface area contributed by atoms with Gasteiger partial charge in [-0.05, 0) is 23.8 Å². The predicted octanol–water partition coefficient (Wildman–Crippen LogP) is 2.00. The molecule has 0 radical (unpaired) electrons. The molecule has 5 heteroatoms. The van der Waals surface area contributed by atoms with Crippen molar-refractivity contribution in [3.05, 3.63) is 70.2 Å². The van der Waals surface area contributed by atoms with E-state index < -0.39 is 5.97 Å². The molecule has 21 heavy (non-hydrogen) atoms. The van der Waals surface area contributed by atoms with Crippen LogP contribution in [-0.2, 0) is 11.3 Å². The zero-order valence-corrected chi connectivity index (χ0v) is 11.5. The highest BCUT2D eigenvalue weighted by Gasteiger charge is 2.04. The number of benzene rings is 1. The molecule has 1 aromatic heterocycles. The Balaban J connectivity index is 2.31. The molecular formula is C16H15NO4. The number of hydrogen-bond acceptors (Lipinski definition) is 3. The largest absolute Gasteiger partial charge is 0.496 e. The van der Waals surface area contributed by atoms with E-state index in [1.165, 1.54) is 18.2 Å². The van der Waals surface area contributed by atoms with Crippen LogP contribution in [0.4, 0.5) is 0 Å². The third-order valence-electron chi connectivity index (χ3n) is 2.94. The highest BCUT2D eigenvalue weighted by Crippen LogP contribution is 2.21. The summed E-state index contributed by atoms with van der Waals surface area (Å²) < 4.78 is 7.16. The summed E-state index contributed by atoms with van der Waals surface area (Å²) in [4.78, 5) is 21.7. The Labute approximate surface area is 121 Å². The van der Waals surface area contributed by atoms with Gasteiger partial charge in [-0.25, -0.2) is 4.79 Å². The van der Waals surface area contributed by atoms with Gasteiger partial charge in [0.1, 0.15) is 5.75 Å². The van der Waals surface area contributed by atoms with Gasteiger partial charge in [-0.3, -0.25) is 4.79 Å². The number of hydrogen-bond donors (Lipinski definition) is 1. The first-order chi connectivity index (χ1) is 10.1. The lowest BCUT2D eigenvalue weighted by Crippen LogP contribution is -2.06. The van der Waals surface area contributed by atoms with E-state index in [1.54, 1.807) is 31.6 Å². The number of aromatic nitrogens is 1. The number of methoxy groups -OCH3 is 1. The van der Waals surface area contributed by atoms with Crippen molar-refractivity contribution in [1.82, 2.24) is 4.57 Å². The van der Waals surface area contributed by atoms with Crippen LogP contribution in [0.2, 0.25) is 0 Å². The van der Waals surface area contributed by atoms with E-state index in [9.17, 15) is 9.59 Å². The van der Waals surface area contributed by atoms with Gasteiger partial charge in [-0.15, -0.1) is 0 Å². The van der Waals surface area contributed by atoms with Crippen LogP contribution in [0.25, 0.3) is 6.08 Å². The quantitative estimate of drug-likeness (QED) is 0.853. The zero-order valence-electron chi connectivity index (χ0n) is 11.5. The molecular weight excluding hydrogens is 270 g/mol. The Bertz CT molecular complexity index is 711. The molecule has 5 nitrogen and oxygen atoms in total. The maximum absolute atomic E-state index is 11.1. The van der Waals surface area contributed by atoms with Gasteiger partial charge in [0.25, 0.3) is 0 Å². The highest BCUT2D eigenvalue weighted by molar-refractivity contribution is 5.85. The minimum Gasteiger partial charge on any atom is -0.496 e. The summed E-state index contributed by atoms with van der Waals surface area (Å²) in [5, 5.41) is 8.66. The first-order valence-corrected chi connectivity index (χ1v) is 6.32. The van der Waals surface area contributed by atoms with Crippen molar-refractivity contribution >= 4 is 12.0 Å². The summed E-state index contributed by atoms with van der Waals surface area (Å²) in [7, 11) is 1.58. The van der Waals surface area contributed by atoms with Crippen molar-refractivity contribution in [2.45, 2.75) is 6.54 Å². The van der Waals surface area contributed by atoms with Crippen LogP contribution in [-0.4, -0.2) is 22.8 Å². The van der Waals surface area contributed by atoms with Crippen LogP contribution in [0.5, 0.6) is 5.75 Å². The third kappa shape index (κ3) is 4.07. The number of rotatable bonds is 5. The van der Waals surface area contributed by atoms with Gasteiger partial charge in [0.15, 0.2) is 5.43 Å². The first kappa shape index (κ1) is 14.6. The van der Waals surface area contributed by atoms with Crippen molar-refractivity contribution in [2.75, 3.05) is 7.11 Å². The minimum atomic E-state index is -0.993. The summed E-state index contributed by atoms with van der Waals surface area (Å²) in [5.41, 5.74) is 1.62. The predicted molar refractivity (Wildman–Crippen MR) is 79.5 cm³/mol. The summed E-state index contributed by atoms with van der Waals surface area (Å²) in [5.74, 6) is -0.283. The average molecular weight is 285 g/mol. The lowest BCUT2D eigenvalue weighted by atomic mass is 10.1. The van der Waals surface area contributed by atoms with Gasteiger partial charge < -0.3 is 14.4 Å². The van der Waals surface area contributed by atoms with Gasteiger partial charge in [0.2, 0.25) is 0 Å². The number of pyridine rings is 1. The number of aliphatic carboxylic acids is 1. The Kier molecular flexibility index (Phi) is 4.56. The lowest BCUT2D eigenvalue weighted by Gasteiger charge is -2.11. The first-order valence-electron chi connectivity index (χ1n) is 6.32. The van der Waals surface area contributed by atoms with E-state index in [2.05, 4.69) is 0 Å². The molecule has 1 heterocycles. The van der Waals surface area contributed by atoms with Crippen LogP contribution in [0.1, 0.15) is 11.1 Å². The lowest BCUT2D eigenvalue weighted by molar-refractivity contribution is -0.131. The van der Waals surface area contributed by atoms with E-state index in [4.69, 9.17) is 9.84 Å². The van der Waals surface area contributed by atoms with Crippen molar-refractivity contribution in [1.29, 1.82) is 0 Å². The molecule has 0 fully saturated rings. The molecule has 0 saturated carbocycles. The summed E-state index contributed by atoms with van der Waals surface area (Å²) in [6.45, 7) is 0.526. The normalized spacial score (nSPS) is 10.7. The van der Waals surface area contributed by atoms with Crippen molar-refractivity contribution in [3.63, 3.8) is 0 Å². The number of ether oxygens (including phenoxy) is 1. The number of carboxylic acids is 1. The number of carbonyl (C=O) groups is 1. The van der Waals surface area contributed by atoms with Crippen LogP contribution in [0.15, 0.2) is 53.6 Å². The SMILES string of the molecule is COc1ccc(C=CC(=O)O)cc1Cn1ccc(=O)cc1. The number of carboxylic acid groups (broad SMARTS) is 1. The van der Waals surface area contributed by atoms with Crippen molar-refractivity contribution < 1.29 is 14.6 Å². The van der Waals surface area contributed by atoms with Gasteiger partial charge in [0, 0.05) is 36.2 Å². The van der Waals surface area contributed by atoms with Gasteiger partial charge in [0.05, 0.1) is 13.7 Å². The molecule has 0 saturated heterocycles. The van der Waals surface area contributed by atoms with E-state index in [0.717, 1.165) is 17.2 Å².